The molecule has 6 heteroatoms. The monoisotopic (exact) mass is 398 g/mol. The zero-order chi connectivity index (χ0) is 19.7. The van der Waals surface area contributed by atoms with Gasteiger partial charge in [0.15, 0.2) is 0 Å². The van der Waals surface area contributed by atoms with Gasteiger partial charge in [0.25, 0.3) is 0 Å². The Labute approximate surface area is 167 Å². The fourth-order valence-electron chi connectivity index (χ4n) is 4.05. The first-order valence-electron chi connectivity index (χ1n) is 9.94. The highest BCUT2D eigenvalue weighted by molar-refractivity contribution is 7.89. The number of sulfonamides is 1. The molecule has 0 spiro atoms. The second-order valence-corrected chi connectivity index (χ2v) is 9.65. The number of carbonyl (C=O) groups excluding carboxylic acids is 1. The van der Waals surface area contributed by atoms with Gasteiger partial charge < -0.3 is 4.90 Å². The van der Waals surface area contributed by atoms with Gasteiger partial charge in [0.05, 0.1) is 11.3 Å². The van der Waals surface area contributed by atoms with Gasteiger partial charge in [-0.15, -0.1) is 0 Å². The van der Waals surface area contributed by atoms with E-state index in [9.17, 15) is 13.2 Å². The average molecular weight is 399 g/mol. The number of fused-ring (bicyclic) bond motifs is 1. The smallest absolute Gasteiger partial charge is 0.243 e. The molecular weight excluding hydrogens is 372 g/mol. The molecule has 28 heavy (non-hydrogen) atoms. The lowest BCUT2D eigenvalue weighted by Crippen LogP contribution is -2.36. The van der Waals surface area contributed by atoms with Crippen LogP contribution in [-0.4, -0.2) is 38.3 Å². The van der Waals surface area contributed by atoms with Gasteiger partial charge in [-0.2, -0.15) is 4.31 Å². The van der Waals surface area contributed by atoms with Gasteiger partial charge in [0, 0.05) is 25.3 Å². The minimum atomic E-state index is -3.43. The first kappa shape index (κ1) is 19.2. The number of nitrogens with zero attached hydrogens (tertiary/aromatic N) is 2. The second kappa shape index (κ2) is 7.68. The van der Waals surface area contributed by atoms with Crippen LogP contribution in [0.15, 0.2) is 47.4 Å². The molecule has 0 aromatic heterocycles. The fraction of sp³-hybridized carbons (Fsp3) is 0.409. The van der Waals surface area contributed by atoms with Gasteiger partial charge in [-0.25, -0.2) is 8.42 Å². The third kappa shape index (κ3) is 3.71. The first-order chi connectivity index (χ1) is 13.4. The molecular formula is C22H26N2O3S. The normalized spacial score (nSPS) is 17.5. The van der Waals surface area contributed by atoms with Crippen molar-refractivity contribution in [2.24, 2.45) is 0 Å². The number of carbonyl (C=O) groups is 1. The van der Waals surface area contributed by atoms with E-state index in [2.05, 4.69) is 0 Å². The largest absolute Gasteiger partial charge is 0.312 e. The van der Waals surface area contributed by atoms with E-state index in [0.717, 1.165) is 42.5 Å². The van der Waals surface area contributed by atoms with Crippen molar-refractivity contribution in [2.75, 3.05) is 24.5 Å². The van der Waals surface area contributed by atoms with Gasteiger partial charge in [0.2, 0.25) is 15.9 Å². The third-order valence-corrected chi connectivity index (χ3v) is 7.54. The number of hydrogen-bond acceptors (Lipinski definition) is 3. The summed E-state index contributed by atoms with van der Waals surface area (Å²) < 4.78 is 27.3. The maximum Gasteiger partial charge on any atom is 0.243 e. The molecule has 4 rings (SSSR count). The van der Waals surface area contributed by atoms with E-state index in [1.165, 1.54) is 5.56 Å². The van der Waals surface area contributed by atoms with Gasteiger partial charge in [-0.05, 0) is 61.9 Å². The number of rotatable bonds is 4. The Kier molecular flexibility index (Phi) is 5.25. The minimum Gasteiger partial charge on any atom is -0.312 e. The maximum atomic E-state index is 12.9. The molecule has 2 aromatic rings. The lowest BCUT2D eigenvalue weighted by atomic mass is 10.0. The van der Waals surface area contributed by atoms with Gasteiger partial charge in [-0.1, -0.05) is 29.8 Å². The van der Waals surface area contributed by atoms with Crippen molar-refractivity contribution in [3.8, 4) is 0 Å². The Morgan fingerprint density at radius 2 is 1.68 bits per heavy atom. The van der Waals surface area contributed by atoms with E-state index in [1.54, 1.807) is 16.4 Å². The Morgan fingerprint density at radius 1 is 0.964 bits per heavy atom. The van der Waals surface area contributed by atoms with Gasteiger partial charge in [-0.3, -0.25) is 4.79 Å². The van der Waals surface area contributed by atoms with Crippen LogP contribution in [-0.2, 0) is 27.7 Å². The average Bonchev–Trinajstić information content (AvgIpc) is 3.24. The summed E-state index contributed by atoms with van der Waals surface area (Å²) in [5.41, 5.74) is 3.97. The zero-order valence-electron chi connectivity index (χ0n) is 16.2. The standard InChI is InChI=1S/C22H26N2O3S/c1-17-6-8-18(9-7-17)15-22(25)24-14-4-5-19-16-20(10-11-21(19)24)28(26,27)23-12-2-3-13-23/h6-11,16H,2-5,12-15H2,1H3. The molecule has 2 aliphatic heterocycles. The lowest BCUT2D eigenvalue weighted by molar-refractivity contribution is -0.118. The van der Waals surface area contributed by atoms with Crippen LogP contribution in [0.3, 0.4) is 0 Å². The van der Waals surface area contributed by atoms with E-state index in [4.69, 9.17) is 0 Å². The predicted molar refractivity (Wildman–Crippen MR) is 110 cm³/mol. The third-order valence-electron chi connectivity index (χ3n) is 5.65. The van der Waals surface area contributed by atoms with Crippen molar-refractivity contribution >= 4 is 21.6 Å². The molecule has 148 valence electrons. The van der Waals surface area contributed by atoms with Crippen LogP contribution >= 0.6 is 0 Å². The van der Waals surface area contributed by atoms with Crippen LogP contribution in [0.25, 0.3) is 0 Å². The Hall–Kier alpha value is -2.18. The summed E-state index contributed by atoms with van der Waals surface area (Å²) in [5, 5.41) is 0. The second-order valence-electron chi connectivity index (χ2n) is 7.71. The van der Waals surface area contributed by atoms with Crippen molar-refractivity contribution in [3.63, 3.8) is 0 Å². The van der Waals surface area contributed by atoms with Gasteiger partial charge in [0.1, 0.15) is 0 Å². The zero-order valence-corrected chi connectivity index (χ0v) is 17.0. The molecule has 0 unspecified atom stereocenters. The summed E-state index contributed by atoms with van der Waals surface area (Å²) in [5.74, 6) is 0.0555. The fourth-order valence-corrected chi connectivity index (χ4v) is 5.61. The topological polar surface area (TPSA) is 57.7 Å². The highest BCUT2D eigenvalue weighted by Crippen LogP contribution is 2.31. The summed E-state index contributed by atoms with van der Waals surface area (Å²) in [4.78, 5) is 15.1. The van der Waals surface area contributed by atoms with E-state index in [0.29, 0.717) is 31.0 Å². The van der Waals surface area contributed by atoms with Crippen molar-refractivity contribution in [1.29, 1.82) is 0 Å². The number of anilines is 1. The van der Waals surface area contributed by atoms with Crippen molar-refractivity contribution in [1.82, 2.24) is 4.31 Å². The molecule has 0 saturated carbocycles. The molecule has 0 bridgehead atoms. The van der Waals surface area contributed by atoms with E-state index < -0.39 is 10.0 Å². The quantitative estimate of drug-likeness (QED) is 0.794. The summed E-state index contributed by atoms with van der Waals surface area (Å²) in [6.45, 7) is 3.90. The number of hydrogen-bond donors (Lipinski definition) is 0. The van der Waals surface area contributed by atoms with Crippen LogP contribution in [0, 0.1) is 6.92 Å². The molecule has 2 heterocycles. The molecule has 1 fully saturated rings. The highest BCUT2D eigenvalue weighted by Gasteiger charge is 2.29. The summed E-state index contributed by atoms with van der Waals surface area (Å²) in [6.07, 6.45) is 3.84. The molecule has 1 saturated heterocycles. The molecule has 0 radical (unpaired) electrons. The van der Waals surface area contributed by atoms with Crippen LogP contribution in [0.4, 0.5) is 5.69 Å². The molecule has 5 nitrogen and oxygen atoms in total. The van der Waals surface area contributed by atoms with Crippen molar-refractivity contribution in [3.05, 3.63) is 59.2 Å². The Balaban J connectivity index is 1.57. The van der Waals surface area contributed by atoms with Crippen molar-refractivity contribution in [2.45, 2.75) is 43.9 Å². The van der Waals surface area contributed by atoms with Crippen LogP contribution in [0.1, 0.15) is 36.0 Å². The molecule has 1 amide bonds. The number of amides is 1. The SMILES string of the molecule is Cc1ccc(CC(=O)N2CCCc3cc(S(=O)(=O)N4CCCC4)ccc32)cc1. The number of aryl methyl sites for hydroxylation is 2. The minimum absolute atomic E-state index is 0.0555. The first-order valence-corrected chi connectivity index (χ1v) is 11.4. The molecule has 0 aliphatic carbocycles. The van der Waals surface area contributed by atoms with Crippen LogP contribution in [0.2, 0.25) is 0 Å². The molecule has 0 N–H and O–H groups in total. The van der Waals surface area contributed by atoms with E-state index in [-0.39, 0.29) is 5.91 Å². The molecule has 0 atom stereocenters. The number of benzene rings is 2. The molecule has 2 aliphatic rings. The van der Waals surface area contributed by atoms with E-state index >= 15 is 0 Å². The summed E-state index contributed by atoms with van der Waals surface area (Å²) >= 11 is 0. The lowest BCUT2D eigenvalue weighted by Gasteiger charge is -2.30. The molecule has 2 aromatic carbocycles. The van der Waals surface area contributed by atoms with Crippen LogP contribution in [0.5, 0.6) is 0 Å². The Morgan fingerprint density at radius 3 is 2.39 bits per heavy atom. The van der Waals surface area contributed by atoms with Gasteiger partial charge >= 0.3 is 0 Å². The van der Waals surface area contributed by atoms with E-state index in [1.807, 2.05) is 42.2 Å². The van der Waals surface area contributed by atoms with Crippen LogP contribution < -0.4 is 4.90 Å². The summed E-state index contributed by atoms with van der Waals surface area (Å²) in [6, 6.07) is 13.3. The Bertz CT molecular complexity index is 977. The highest BCUT2D eigenvalue weighted by atomic mass is 32.2. The maximum absolute atomic E-state index is 12.9. The van der Waals surface area contributed by atoms with Crippen molar-refractivity contribution < 1.29 is 13.2 Å². The summed E-state index contributed by atoms with van der Waals surface area (Å²) in [7, 11) is -3.43. The predicted octanol–water partition coefficient (Wildman–Crippen LogP) is 3.30.